The van der Waals surface area contributed by atoms with Crippen LogP contribution in [-0.2, 0) is 24.2 Å². The van der Waals surface area contributed by atoms with Gasteiger partial charge in [0.15, 0.2) is 5.65 Å². The number of carbonyl (C=O) groups excluding carboxylic acids is 1. The smallest absolute Gasteiger partial charge is 0.226 e. The summed E-state index contributed by atoms with van der Waals surface area (Å²) in [6.07, 6.45) is 3.72. The Morgan fingerprint density at radius 2 is 2.00 bits per heavy atom. The second-order valence-corrected chi connectivity index (χ2v) is 8.23. The van der Waals surface area contributed by atoms with Crippen LogP contribution in [0.1, 0.15) is 22.4 Å². The minimum absolute atomic E-state index is 0.0155. The molecule has 8 nitrogen and oxygen atoms in total. The molecular formula is C22H27N7O. The summed E-state index contributed by atoms with van der Waals surface area (Å²) in [5, 5.41) is 11.1. The number of aryl methyl sites for hydroxylation is 1. The molecule has 1 amide bonds. The molecular weight excluding hydrogens is 378 g/mol. The molecule has 30 heavy (non-hydrogen) atoms. The predicted octanol–water partition coefficient (Wildman–Crippen LogP) is 1.06. The Labute approximate surface area is 175 Å². The molecule has 1 saturated heterocycles. The second kappa shape index (κ2) is 7.60. The lowest BCUT2D eigenvalue weighted by atomic mass is 9.97. The minimum atomic E-state index is -0.0155. The summed E-state index contributed by atoms with van der Waals surface area (Å²) in [5.74, 6) is 1.19. The molecule has 4 N–H and O–H groups in total. The number of rotatable bonds is 4. The number of anilines is 2. The SMILES string of the molecule is Cc1cnn2c(N3CC(C(=O)NCc4ccc(N)cc4)C3)c3c(nc12)CCNCC3. The lowest BCUT2D eigenvalue weighted by Gasteiger charge is -2.41. The van der Waals surface area contributed by atoms with Crippen molar-refractivity contribution in [3.8, 4) is 0 Å². The van der Waals surface area contributed by atoms with Gasteiger partial charge in [0, 0.05) is 49.4 Å². The van der Waals surface area contributed by atoms with E-state index in [0.717, 1.165) is 59.9 Å². The number of amides is 1. The van der Waals surface area contributed by atoms with Gasteiger partial charge < -0.3 is 21.3 Å². The molecule has 1 aromatic carbocycles. The number of nitrogens with one attached hydrogen (secondary N) is 2. The predicted molar refractivity (Wildman–Crippen MR) is 116 cm³/mol. The van der Waals surface area contributed by atoms with E-state index in [4.69, 9.17) is 10.7 Å². The molecule has 156 valence electrons. The van der Waals surface area contributed by atoms with Crippen LogP contribution in [0, 0.1) is 12.8 Å². The Bertz CT molecular complexity index is 1080. The van der Waals surface area contributed by atoms with Gasteiger partial charge in [-0.2, -0.15) is 9.61 Å². The zero-order chi connectivity index (χ0) is 20.7. The van der Waals surface area contributed by atoms with Crippen LogP contribution in [0.4, 0.5) is 11.5 Å². The number of nitrogens with two attached hydrogens (primary N) is 1. The number of carbonyl (C=O) groups is 1. The molecule has 2 aromatic heterocycles. The maximum absolute atomic E-state index is 12.6. The molecule has 2 aliphatic heterocycles. The molecule has 0 atom stereocenters. The van der Waals surface area contributed by atoms with E-state index in [2.05, 4.69) is 20.6 Å². The van der Waals surface area contributed by atoms with Gasteiger partial charge in [0.1, 0.15) is 5.82 Å². The monoisotopic (exact) mass is 405 g/mol. The highest BCUT2D eigenvalue weighted by molar-refractivity contribution is 5.82. The molecule has 2 aliphatic rings. The normalized spacial score (nSPS) is 16.8. The van der Waals surface area contributed by atoms with Crippen LogP contribution in [0.3, 0.4) is 0 Å². The van der Waals surface area contributed by atoms with Crippen LogP contribution in [0.5, 0.6) is 0 Å². The van der Waals surface area contributed by atoms with Crippen molar-refractivity contribution in [3.63, 3.8) is 0 Å². The summed E-state index contributed by atoms with van der Waals surface area (Å²) in [5.41, 5.74) is 11.9. The average molecular weight is 406 g/mol. The Morgan fingerprint density at radius 3 is 2.80 bits per heavy atom. The lowest BCUT2D eigenvalue weighted by molar-refractivity contribution is -0.125. The van der Waals surface area contributed by atoms with Crippen LogP contribution < -0.4 is 21.3 Å². The van der Waals surface area contributed by atoms with Gasteiger partial charge in [-0.15, -0.1) is 0 Å². The molecule has 0 bridgehead atoms. The number of fused-ring (bicyclic) bond motifs is 2. The minimum Gasteiger partial charge on any atom is -0.399 e. The van der Waals surface area contributed by atoms with E-state index >= 15 is 0 Å². The van der Waals surface area contributed by atoms with Crippen LogP contribution in [0.25, 0.3) is 5.65 Å². The molecule has 0 saturated carbocycles. The van der Waals surface area contributed by atoms with Crippen molar-refractivity contribution in [2.75, 3.05) is 36.8 Å². The standard InChI is InChI=1S/C22H27N7O/c1-14-10-26-29-20(14)27-19-7-9-24-8-6-18(19)22(29)28-12-16(13-28)21(30)25-11-15-2-4-17(23)5-3-15/h2-5,10,16,24H,6-9,11-13,23H2,1H3,(H,25,30). The number of hydrogen-bond donors (Lipinski definition) is 3. The average Bonchev–Trinajstić information content (AvgIpc) is 2.92. The number of hydrogen-bond acceptors (Lipinski definition) is 6. The third-order valence-electron chi connectivity index (χ3n) is 6.07. The number of nitrogens with zero attached hydrogens (tertiary/aromatic N) is 4. The first kappa shape index (κ1) is 18.9. The van der Waals surface area contributed by atoms with E-state index in [1.807, 2.05) is 41.9 Å². The largest absolute Gasteiger partial charge is 0.399 e. The quantitative estimate of drug-likeness (QED) is 0.561. The van der Waals surface area contributed by atoms with Gasteiger partial charge in [-0.05, 0) is 37.6 Å². The highest BCUT2D eigenvalue weighted by Crippen LogP contribution is 2.32. The number of nitrogen functional groups attached to an aromatic ring is 1. The summed E-state index contributed by atoms with van der Waals surface area (Å²) in [7, 11) is 0. The molecule has 1 fully saturated rings. The summed E-state index contributed by atoms with van der Waals surface area (Å²) < 4.78 is 1.96. The van der Waals surface area contributed by atoms with Crippen molar-refractivity contribution >= 4 is 23.1 Å². The first-order valence-electron chi connectivity index (χ1n) is 10.5. The van der Waals surface area contributed by atoms with Crippen LogP contribution in [-0.4, -0.2) is 46.7 Å². The molecule has 8 heteroatoms. The van der Waals surface area contributed by atoms with Crippen molar-refractivity contribution in [2.24, 2.45) is 5.92 Å². The van der Waals surface area contributed by atoms with Crippen molar-refractivity contribution in [1.29, 1.82) is 0 Å². The first-order chi connectivity index (χ1) is 14.6. The summed E-state index contributed by atoms with van der Waals surface area (Å²) in [6, 6.07) is 7.60. The third kappa shape index (κ3) is 3.37. The molecule has 4 heterocycles. The Balaban J connectivity index is 1.32. The van der Waals surface area contributed by atoms with Crippen molar-refractivity contribution < 1.29 is 4.79 Å². The summed E-state index contributed by atoms with van der Waals surface area (Å²) in [6.45, 7) is 5.85. The highest BCUT2D eigenvalue weighted by Gasteiger charge is 2.36. The highest BCUT2D eigenvalue weighted by atomic mass is 16.2. The van der Waals surface area contributed by atoms with Crippen molar-refractivity contribution in [2.45, 2.75) is 26.3 Å². The summed E-state index contributed by atoms with van der Waals surface area (Å²) in [4.78, 5) is 19.8. The van der Waals surface area contributed by atoms with E-state index in [0.29, 0.717) is 19.6 Å². The van der Waals surface area contributed by atoms with Gasteiger partial charge in [0.25, 0.3) is 0 Å². The summed E-state index contributed by atoms with van der Waals surface area (Å²) >= 11 is 0. The fourth-order valence-corrected chi connectivity index (χ4v) is 4.29. The zero-order valence-corrected chi connectivity index (χ0v) is 17.2. The van der Waals surface area contributed by atoms with E-state index in [1.54, 1.807) is 0 Å². The molecule has 5 rings (SSSR count). The lowest BCUT2D eigenvalue weighted by Crippen LogP contribution is -2.54. The fraction of sp³-hybridized carbons (Fsp3) is 0.409. The number of aromatic nitrogens is 3. The maximum atomic E-state index is 12.6. The topological polar surface area (TPSA) is 101 Å². The Morgan fingerprint density at radius 1 is 1.23 bits per heavy atom. The van der Waals surface area contributed by atoms with Gasteiger partial charge in [0.05, 0.1) is 17.8 Å². The van der Waals surface area contributed by atoms with Gasteiger partial charge in [-0.3, -0.25) is 4.79 Å². The zero-order valence-electron chi connectivity index (χ0n) is 17.2. The second-order valence-electron chi connectivity index (χ2n) is 8.23. The van der Waals surface area contributed by atoms with Gasteiger partial charge in [-0.25, -0.2) is 4.98 Å². The maximum Gasteiger partial charge on any atom is 0.226 e. The van der Waals surface area contributed by atoms with Crippen LogP contribution in [0.2, 0.25) is 0 Å². The van der Waals surface area contributed by atoms with Crippen molar-refractivity contribution in [1.82, 2.24) is 25.2 Å². The molecule has 0 unspecified atom stereocenters. The molecule has 0 spiro atoms. The van der Waals surface area contributed by atoms with Gasteiger partial charge >= 0.3 is 0 Å². The fourth-order valence-electron chi connectivity index (χ4n) is 4.29. The Hall–Kier alpha value is -3.13. The van der Waals surface area contributed by atoms with Crippen LogP contribution in [0.15, 0.2) is 30.5 Å². The van der Waals surface area contributed by atoms with E-state index < -0.39 is 0 Å². The van der Waals surface area contributed by atoms with Gasteiger partial charge in [0.2, 0.25) is 5.91 Å². The molecule has 0 radical (unpaired) electrons. The van der Waals surface area contributed by atoms with E-state index in [9.17, 15) is 4.79 Å². The van der Waals surface area contributed by atoms with Gasteiger partial charge in [-0.1, -0.05) is 12.1 Å². The molecule has 3 aromatic rings. The van der Waals surface area contributed by atoms with E-state index in [-0.39, 0.29) is 11.8 Å². The van der Waals surface area contributed by atoms with Crippen LogP contribution >= 0.6 is 0 Å². The third-order valence-corrected chi connectivity index (χ3v) is 6.07. The van der Waals surface area contributed by atoms with E-state index in [1.165, 1.54) is 5.56 Å². The Kier molecular flexibility index (Phi) is 4.78. The van der Waals surface area contributed by atoms with Crippen molar-refractivity contribution in [3.05, 3.63) is 52.8 Å². The number of benzene rings is 1. The first-order valence-corrected chi connectivity index (χ1v) is 10.5. The molecule has 0 aliphatic carbocycles.